The Kier molecular flexibility index (Phi) is 4.51. The highest BCUT2D eigenvalue weighted by atomic mass is 16.2. The Morgan fingerprint density at radius 1 is 1.32 bits per heavy atom. The summed E-state index contributed by atoms with van der Waals surface area (Å²) in [4.78, 5) is 26.4. The predicted octanol–water partition coefficient (Wildman–Crippen LogP) is 0.665. The second-order valence-corrected chi connectivity index (χ2v) is 6.02. The van der Waals surface area contributed by atoms with E-state index in [1.807, 2.05) is 30.5 Å². The number of nitrogens with two attached hydrogens (primary N) is 2. The van der Waals surface area contributed by atoms with Crippen LogP contribution in [0.2, 0.25) is 0 Å². The number of H-pyrrole nitrogens is 1. The molecule has 6 N–H and O–H groups in total. The van der Waals surface area contributed by atoms with E-state index in [9.17, 15) is 9.59 Å². The first-order valence-electron chi connectivity index (χ1n) is 7.21. The Balaban J connectivity index is 1.95. The molecule has 0 saturated carbocycles. The minimum absolute atomic E-state index is 0.244. The van der Waals surface area contributed by atoms with Crippen molar-refractivity contribution < 1.29 is 9.59 Å². The van der Waals surface area contributed by atoms with Crippen LogP contribution in [0.4, 0.5) is 0 Å². The van der Waals surface area contributed by atoms with Crippen molar-refractivity contribution in [1.82, 2.24) is 10.3 Å². The van der Waals surface area contributed by atoms with Gasteiger partial charge in [-0.3, -0.25) is 9.59 Å². The van der Waals surface area contributed by atoms with Gasteiger partial charge >= 0.3 is 0 Å². The molecule has 1 aromatic heterocycles. The molecule has 0 spiro atoms. The van der Waals surface area contributed by atoms with E-state index in [-0.39, 0.29) is 12.6 Å². The highest BCUT2D eigenvalue weighted by Gasteiger charge is 2.33. The molecule has 2 rings (SSSR count). The molecular formula is C16H22N4O2. The van der Waals surface area contributed by atoms with Crippen molar-refractivity contribution in [2.75, 3.05) is 6.54 Å². The molecule has 0 aliphatic heterocycles. The molecule has 22 heavy (non-hydrogen) atoms. The number of hydrogen-bond donors (Lipinski definition) is 4. The molecule has 1 atom stereocenters. The zero-order valence-electron chi connectivity index (χ0n) is 12.8. The van der Waals surface area contributed by atoms with Gasteiger partial charge in [0.15, 0.2) is 0 Å². The van der Waals surface area contributed by atoms with E-state index in [1.54, 1.807) is 0 Å². The van der Waals surface area contributed by atoms with Crippen molar-refractivity contribution in [3.63, 3.8) is 0 Å². The maximum atomic E-state index is 12.0. The standard InChI is InChI=1S/C16H22N4O2/c1-16(2,14(18)21)15(22)20-9-11(17)7-10-8-19-13-6-4-3-5-12(10)13/h3-6,8,11,19H,7,9,17H2,1-2H3,(H2,18,21)(H,20,22)/t11-/m1/s1. The Bertz CT molecular complexity index is 690. The summed E-state index contributed by atoms with van der Waals surface area (Å²) in [7, 11) is 0. The molecule has 2 aromatic rings. The number of para-hydroxylation sites is 1. The highest BCUT2D eigenvalue weighted by molar-refractivity contribution is 6.03. The van der Waals surface area contributed by atoms with Crippen LogP contribution < -0.4 is 16.8 Å². The molecule has 1 heterocycles. The normalized spacial score (nSPS) is 13.0. The van der Waals surface area contributed by atoms with Crippen molar-refractivity contribution in [3.8, 4) is 0 Å². The lowest BCUT2D eigenvalue weighted by Gasteiger charge is -2.21. The smallest absolute Gasteiger partial charge is 0.235 e. The van der Waals surface area contributed by atoms with Gasteiger partial charge in [-0.05, 0) is 31.9 Å². The SMILES string of the molecule is CC(C)(C(N)=O)C(=O)NC[C@H](N)Cc1c[nH]c2ccccc12. The molecule has 0 radical (unpaired) electrons. The number of benzene rings is 1. The van der Waals surface area contributed by atoms with Crippen LogP contribution in [0.1, 0.15) is 19.4 Å². The topological polar surface area (TPSA) is 114 Å². The van der Waals surface area contributed by atoms with Crippen LogP contribution in [-0.4, -0.2) is 29.4 Å². The van der Waals surface area contributed by atoms with Gasteiger partial charge in [0, 0.05) is 29.7 Å². The summed E-state index contributed by atoms with van der Waals surface area (Å²) in [6.45, 7) is 3.28. The fourth-order valence-corrected chi connectivity index (χ4v) is 2.21. The molecule has 2 amide bonds. The van der Waals surface area contributed by atoms with Gasteiger partial charge in [0.25, 0.3) is 0 Å². The number of aromatic nitrogens is 1. The monoisotopic (exact) mass is 302 g/mol. The van der Waals surface area contributed by atoms with Crippen molar-refractivity contribution in [3.05, 3.63) is 36.0 Å². The molecule has 0 aliphatic rings. The van der Waals surface area contributed by atoms with Crippen LogP contribution in [0, 0.1) is 5.41 Å². The average molecular weight is 302 g/mol. The minimum atomic E-state index is -1.24. The lowest BCUT2D eigenvalue weighted by molar-refractivity contribution is -0.139. The quantitative estimate of drug-likeness (QED) is 0.588. The fourth-order valence-electron chi connectivity index (χ4n) is 2.21. The van der Waals surface area contributed by atoms with Crippen molar-refractivity contribution >= 4 is 22.7 Å². The van der Waals surface area contributed by atoms with Gasteiger partial charge in [0.1, 0.15) is 5.41 Å². The summed E-state index contributed by atoms with van der Waals surface area (Å²) >= 11 is 0. The largest absolute Gasteiger partial charge is 0.369 e. The third-order valence-electron chi connectivity index (χ3n) is 3.87. The van der Waals surface area contributed by atoms with Gasteiger partial charge in [0.05, 0.1) is 0 Å². The summed E-state index contributed by atoms with van der Waals surface area (Å²) in [5.74, 6) is -1.07. The van der Waals surface area contributed by atoms with Crippen LogP contribution in [-0.2, 0) is 16.0 Å². The Morgan fingerprint density at radius 2 is 2.00 bits per heavy atom. The average Bonchev–Trinajstić information content (AvgIpc) is 2.88. The van der Waals surface area contributed by atoms with E-state index in [4.69, 9.17) is 11.5 Å². The second-order valence-electron chi connectivity index (χ2n) is 6.02. The lowest BCUT2D eigenvalue weighted by atomic mass is 9.91. The second kappa shape index (κ2) is 6.19. The third kappa shape index (κ3) is 3.28. The number of hydrogen-bond acceptors (Lipinski definition) is 3. The molecular weight excluding hydrogens is 280 g/mol. The van der Waals surface area contributed by atoms with E-state index < -0.39 is 17.2 Å². The maximum absolute atomic E-state index is 12.0. The van der Waals surface area contributed by atoms with Crippen LogP contribution in [0.15, 0.2) is 30.5 Å². The van der Waals surface area contributed by atoms with E-state index in [0.29, 0.717) is 6.42 Å². The third-order valence-corrected chi connectivity index (χ3v) is 3.87. The summed E-state index contributed by atoms with van der Waals surface area (Å²) in [5, 5.41) is 3.82. The summed E-state index contributed by atoms with van der Waals surface area (Å²) in [6.07, 6.45) is 2.56. The van der Waals surface area contributed by atoms with E-state index in [1.165, 1.54) is 13.8 Å². The van der Waals surface area contributed by atoms with Crippen LogP contribution >= 0.6 is 0 Å². The van der Waals surface area contributed by atoms with Gasteiger partial charge < -0.3 is 21.8 Å². The van der Waals surface area contributed by atoms with Gasteiger partial charge in [0.2, 0.25) is 11.8 Å². The fraction of sp³-hybridized carbons (Fsp3) is 0.375. The molecule has 118 valence electrons. The number of carbonyl (C=O) groups is 2. The highest BCUT2D eigenvalue weighted by Crippen LogP contribution is 2.19. The summed E-state index contributed by atoms with van der Waals surface area (Å²) in [6, 6.07) is 7.73. The number of rotatable bonds is 6. The first-order valence-corrected chi connectivity index (χ1v) is 7.21. The number of fused-ring (bicyclic) bond motifs is 1. The minimum Gasteiger partial charge on any atom is -0.369 e. The van der Waals surface area contributed by atoms with Gasteiger partial charge in [-0.25, -0.2) is 0 Å². The predicted molar refractivity (Wildman–Crippen MR) is 86.0 cm³/mol. The van der Waals surface area contributed by atoms with Crippen molar-refractivity contribution in [1.29, 1.82) is 0 Å². The molecule has 0 fully saturated rings. The first kappa shape index (κ1) is 16.0. The molecule has 0 unspecified atom stereocenters. The van der Waals surface area contributed by atoms with Crippen molar-refractivity contribution in [2.45, 2.75) is 26.3 Å². The molecule has 0 saturated heterocycles. The Morgan fingerprint density at radius 3 is 2.68 bits per heavy atom. The molecule has 1 aromatic carbocycles. The molecule has 6 heteroatoms. The number of primary amides is 1. The van der Waals surface area contributed by atoms with Gasteiger partial charge in [-0.2, -0.15) is 0 Å². The van der Waals surface area contributed by atoms with Crippen LogP contribution in [0.5, 0.6) is 0 Å². The molecule has 0 bridgehead atoms. The summed E-state index contributed by atoms with van der Waals surface area (Å²) < 4.78 is 0. The maximum Gasteiger partial charge on any atom is 0.235 e. The molecule has 0 aliphatic carbocycles. The number of amides is 2. The van der Waals surface area contributed by atoms with Crippen LogP contribution in [0.3, 0.4) is 0 Å². The van der Waals surface area contributed by atoms with Crippen LogP contribution in [0.25, 0.3) is 10.9 Å². The zero-order valence-corrected chi connectivity index (χ0v) is 12.8. The number of carbonyl (C=O) groups excluding carboxylic acids is 2. The first-order chi connectivity index (χ1) is 10.3. The number of aromatic amines is 1. The zero-order chi connectivity index (χ0) is 16.3. The molecule has 6 nitrogen and oxygen atoms in total. The van der Waals surface area contributed by atoms with E-state index in [0.717, 1.165) is 16.5 Å². The Labute approximate surface area is 129 Å². The van der Waals surface area contributed by atoms with E-state index in [2.05, 4.69) is 10.3 Å². The summed E-state index contributed by atoms with van der Waals surface area (Å²) in [5.41, 5.74) is 12.2. The van der Waals surface area contributed by atoms with E-state index >= 15 is 0 Å². The lowest BCUT2D eigenvalue weighted by Crippen LogP contribution is -2.49. The number of nitrogens with one attached hydrogen (secondary N) is 2. The Hall–Kier alpha value is -2.34. The van der Waals surface area contributed by atoms with Gasteiger partial charge in [-0.1, -0.05) is 18.2 Å². The van der Waals surface area contributed by atoms with Crippen molar-refractivity contribution in [2.24, 2.45) is 16.9 Å². The van der Waals surface area contributed by atoms with Gasteiger partial charge in [-0.15, -0.1) is 0 Å².